The molecular weight excluding hydrogens is 296 g/mol. The van der Waals surface area contributed by atoms with Crippen LogP contribution in [0.5, 0.6) is 5.75 Å². The lowest BCUT2D eigenvalue weighted by atomic mass is 10.1. The van der Waals surface area contributed by atoms with Gasteiger partial charge >= 0.3 is 0 Å². The summed E-state index contributed by atoms with van der Waals surface area (Å²) < 4.78 is 27.7. The molecule has 0 aliphatic carbocycles. The molecule has 112 valence electrons. The zero-order valence-corrected chi connectivity index (χ0v) is 13.6. The predicted octanol–water partition coefficient (Wildman–Crippen LogP) is 2.57. The maximum atomic E-state index is 11.4. The SMILES string of the molecule is CCOc1ccc(C(C)=O)cc1CSCCS(C)(=O)=O. The molecule has 0 aliphatic rings. The van der Waals surface area contributed by atoms with Gasteiger partial charge in [-0.15, -0.1) is 0 Å². The van der Waals surface area contributed by atoms with E-state index in [0.29, 0.717) is 23.7 Å². The lowest BCUT2D eigenvalue weighted by Crippen LogP contribution is -2.05. The van der Waals surface area contributed by atoms with Crippen LogP contribution in [0.15, 0.2) is 18.2 Å². The number of hydrogen-bond acceptors (Lipinski definition) is 5. The van der Waals surface area contributed by atoms with Gasteiger partial charge in [0.05, 0.1) is 12.4 Å². The average molecular weight is 316 g/mol. The Balaban J connectivity index is 2.74. The Morgan fingerprint density at radius 2 is 2.05 bits per heavy atom. The van der Waals surface area contributed by atoms with E-state index in [4.69, 9.17) is 4.74 Å². The van der Waals surface area contributed by atoms with Crippen molar-refractivity contribution >= 4 is 27.4 Å². The fraction of sp³-hybridized carbons (Fsp3) is 0.500. The van der Waals surface area contributed by atoms with E-state index >= 15 is 0 Å². The first-order valence-corrected chi connectivity index (χ1v) is 9.57. The molecule has 0 spiro atoms. The number of rotatable bonds is 8. The number of benzene rings is 1. The molecule has 0 atom stereocenters. The minimum absolute atomic E-state index is 0.00966. The first-order chi connectivity index (χ1) is 9.33. The van der Waals surface area contributed by atoms with Crippen LogP contribution in [0.25, 0.3) is 0 Å². The number of carbonyl (C=O) groups is 1. The smallest absolute Gasteiger partial charge is 0.159 e. The summed E-state index contributed by atoms with van der Waals surface area (Å²) in [6.07, 6.45) is 1.23. The van der Waals surface area contributed by atoms with E-state index in [9.17, 15) is 13.2 Å². The standard InChI is InChI=1S/C14H20O4S2/c1-4-18-14-6-5-12(11(2)15)9-13(14)10-19-7-8-20(3,16)17/h5-6,9H,4,7-8,10H2,1-3H3. The summed E-state index contributed by atoms with van der Waals surface area (Å²) in [7, 11) is -2.93. The number of thioether (sulfide) groups is 1. The van der Waals surface area contributed by atoms with Crippen LogP contribution in [0.2, 0.25) is 0 Å². The Morgan fingerprint density at radius 1 is 1.35 bits per heavy atom. The van der Waals surface area contributed by atoms with E-state index in [-0.39, 0.29) is 11.5 Å². The minimum Gasteiger partial charge on any atom is -0.494 e. The number of ether oxygens (including phenoxy) is 1. The van der Waals surface area contributed by atoms with Crippen LogP contribution in [0.3, 0.4) is 0 Å². The maximum absolute atomic E-state index is 11.4. The Bertz CT molecular complexity index is 565. The van der Waals surface area contributed by atoms with Crippen molar-refractivity contribution in [3.8, 4) is 5.75 Å². The Labute approximate surface area is 124 Å². The van der Waals surface area contributed by atoms with Crippen molar-refractivity contribution in [1.29, 1.82) is 0 Å². The quantitative estimate of drug-likeness (QED) is 0.545. The molecule has 0 aromatic heterocycles. The monoisotopic (exact) mass is 316 g/mol. The molecule has 0 N–H and O–H groups in total. The van der Waals surface area contributed by atoms with E-state index < -0.39 is 9.84 Å². The fourth-order valence-electron chi connectivity index (χ4n) is 1.60. The van der Waals surface area contributed by atoms with Gasteiger partial charge in [-0.3, -0.25) is 4.79 Å². The van der Waals surface area contributed by atoms with Gasteiger partial charge in [0.2, 0.25) is 0 Å². The summed E-state index contributed by atoms with van der Waals surface area (Å²) in [5, 5.41) is 0. The van der Waals surface area contributed by atoms with Gasteiger partial charge in [-0.25, -0.2) is 8.42 Å². The molecule has 6 heteroatoms. The molecule has 0 bridgehead atoms. The second-order valence-electron chi connectivity index (χ2n) is 4.49. The summed E-state index contributed by atoms with van der Waals surface area (Å²) in [6.45, 7) is 3.98. The van der Waals surface area contributed by atoms with E-state index in [1.807, 2.05) is 13.0 Å². The van der Waals surface area contributed by atoms with Crippen molar-refractivity contribution in [1.82, 2.24) is 0 Å². The first kappa shape index (κ1) is 17.0. The average Bonchev–Trinajstić information content (AvgIpc) is 2.35. The molecule has 0 aliphatic heterocycles. The van der Waals surface area contributed by atoms with Crippen LogP contribution in [0.4, 0.5) is 0 Å². The summed E-state index contributed by atoms with van der Waals surface area (Å²) in [6, 6.07) is 5.37. The number of ketones is 1. The van der Waals surface area contributed by atoms with Crippen molar-refractivity contribution in [3.05, 3.63) is 29.3 Å². The normalized spacial score (nSPS) is 11.3. The third-order valence-electron chi connectivity index (χ3n) is 2.62. The molecule has 1 aromatic rings. The molecule has 0 radical (unpaired) electrons. The third-order valence-corrected chi connectivity index (χ3v) is 4.83. The molecule has 0 saturated carbocycles. The molecule has 0 heterocycles. The first-order valence-electron chi connectivity index (χ1n) is 6.35. The second-order valence-corrected chi connectivity index (χ2v) is 7.86. The lowest BCUT2D eigenvalue weighted by Gasteiger charge is -2.11. The molecule has 0 fully saturated rings. The molecule has 0 saturated heterocycles. The highest BCUT2D eigenvalue weighted by Gasteiger charge is 2.09. The Morgan fingerprint density at radius 3 is 2.60 bits per heavy atom. The maximum Gasteiger partial charge on any atom is 0.159 e. The van der Waals surface area contributed by atoms with Gasteiger partial charge in [0.25, 0.3) is 0 Å². The topological polar surface area (TPSA) is 60.4 Å². The number of Topliss-reactive ketones (excluding diaryl/α,β-unsaturated/α-hetero) is 1. The number of carbonyl (C=O) groups excluding carboxylic acids is 1. The Kier molecular flexibility index (Phi) is 6.55. The van der Waals surface area contributed by atoms with Crippen LogP contribution in [-0.4, -0.2) is 38.6 Å². The summed E-state index contributed by atoms with van der Waals surface area (Å²) in [5.74, 6) is 2.09. The highest BCUT2D eigenvalue weighted by molar-refractivity contribution is 7.99. The van der Waals surface area contributed by atoms with Gasteiger partial charge in [-0.1, -0.05) is 0 Å². The van der Waals surface area contributed by atoms with Crippen molar-refractivity contribution in [2.75, 3.05) is 24.4 Å². The minimum atomic E-state index is -2.93. The highest BCUT2D eigenvalue weighted by atomic mass is 32.2. The van der Waals surface area contributed by atoms with E-state index in [1.54, 1.807) is 12.1 Å². The number of sulfone groups is 1. The largest absolute Gasteiger partial charge is 0.494 e. The summed E-state index contributed by atoms with van der Waals surface area (Å²) in [4.78, 5) is 11.4. The van der Waals surface area contributed by atoms with Crippen molar-refractivity contribution in [3.63, 3.8) is 0 Å². The zero-order valence-electron chi connectivity index (χ0n) is 12.0. The fourth-order valence-corrected chi connectivity index (χ4v) is 3.87. The van der Waals surface area contributed by atoms with E-state index in [2.05, 4.69) is 0 Å². The van der Waals surface area contributed by atoms with Crippen molar-refractivity contribution in [2.24, 2.45) is 0 Å². The van der Waals surface area contributed by atoms with E-state index in [0.717, 1.165) is 11.3 Å². The van der Waals surface area contributed by atoms with Gasteiger partial charge in [-0.05, 0) is 32.0 Å². The van der Waals surface area contributed by atoms with Gasteiger partial charge in [0.15, 0.2) is 5.78 Å². The molecule has 1 aromatic carbocycles. The summed E-state index contributed by atoms with van der Waals surface area (Å²) in [5.41, 5.74) is 1.57. The van der Waals surface area contributed by atoms with Gasteiger partial charge in [0.1, 0.15) is 15.6 Å². The molecular formula is C14H20O4S2. The third kappa shape index (κ3) is 5.96. The van der Waals surface area contributed by atoms with Gasteiger partial charge in [0, 0.05) is 28.9 Å². The summed E-state index contributed by atoms with van der Waals surface area (Å²) >= 11 is 1.52. The second kappa shape index (κ2) is 7.69. The molecule has 0 unspecified atom stereocenters. The van der Waals surface area contributed by atoms with Crippen LogP contribution in [-0.2, 0) is 15.6 Å². The molecule has 4 nitrogen and oxygen atoms in total. The van der Waals surface area contributed by atoms with Crippen molar-refractivity contribution in [2.45, 2.75) is 19.6 Å². The van der Waals surface area contributed by atoms with E-state index in [1.165, 1.54) is 24.9 Å². The van der Waals surface area contributed by atoms with Gasteiger partial charge in [-0.2, -0.15) is 11.8 Å². The van der Waals surface area contributed by atoms with Crippen LogP contribution in [0, 0.1) is 0 Å². The van der Waals surface area contributed by atoms with Gasteiger partial charge < -0.3 is 4.74 Å². The molecule has 1 rings (SSSR count). The highest BCUT2D eigenvalue weighted by Crippen LogP contribution is 2.25. The number of hydrogen-bond donors (Lipinski definition) is 0. The molecule has 0 amide bonds. The van der Waals surface area contributed by atoms with Crippen LogP contribution >= 0.6 is 11.8 Å². The molecule has 20 heavy (non-hydrogen) atoms. The zero-order chi connectivity index (χ0) is 15.2. The Hall–Kier alpha value is -1.01. The van der Waals surface area contributed by atoms with Crippen LogP contribution in [0.1, 0.15) is 29.8 Å². The predicted molar refractivity (Wildman–Crippen MR) is 83.5 cm³/mol. The lowest BCUT2D eigenvalue weighted by molar-refractivity contribution is 0.101. The van der Waals surface area contributed by atoms with Crippen LogP contribution < -0.4 is 4.74 Å². The van der Waals surface area contributed by atoms with Crippen molar-refractivity contribution < 1.29 is 17.9 Å².